The molecule has 0 bridgehead atoms. The van der Waals surface area contributed by atoms with Crippen LogP contribution in [-0.2, 0) is 24.4 Å². The highest BCUT2D eigenvalue weighted by Crippen LogP contribution is 2.64. The SMILES string of the molecule is CCC(CC)CCc1cc(COc2ccc3c(c2)nc(C2C(C(=O)O)C2(C)C)n3Cc2ccc(F)cc2F)nc2ccccc12. The minimum Gasteiger partial charge on any atom is -0.487 e. The lowest BCUT2D eigenvalue weighted by atomic mass is 9.93. The van der Waals surface area contributed by atoms with Crippen LogP contribution in [0.2, 0.25) is 0 Å². The lowest BCUT2D eigenvalue weighted by Gasteiger charge is -2.14. The Morgan fingerprint density at radius 2 is 1.76 bits per heavy atom. The van der Waals surface area contributed by atoms with Gasteiger partial charge in [0.25, 0.3) is 0 Å². The maximum Gasteiger partial charge on any atom is 0.307 e. The quantitative estimate of drug-likeness (QED) is 0.153. The summed E-state index contributed by atoms with van der Waals surface area (Å²) in [5.41, 5.74) is 4.19. The first-order chi connectivity index (χ1) is 21.6. The molecule has 0 aliphatic heterocycles. The van der Waals surface area contributed by atoms with Crippen LogP contribution < -0.4 is 4.74 Å². The van der Waals surface area contributed by atoms with Crippen molar-refractivity contribution in [3.05, 3.63) is 101 Å². The van der Waals surface area contributed by atoms with Gasteiger partial charge in [0.1, 0.15) is 29.8 Å². The molecule has 2 atom stereocenters. The van der Waals surface area contributed by atoms with Gasteiger partial charge in [0, 0.05) is 29.0 Å². The van der Waals surface area contributed by atoms with Crippen molar-refractivity contribution in [3.63, 3.8) is 0 Å². The lowest BCUT2D eigenvalue weighted by Crippen LogP contribution is -2.08. The van der Waals surface area contributed by atoms with Crippen LogP contribution in [0.1, 0.15) is 75.5 Å². The number of aromatic nitrogens is 3. The third-order valence-electron chi connectivity index (χ3n) is 9.68. The molecule has 45 heavy (non-hydrogen) atoms. The lowest BCUT2D eigenvalue weighted by molar-refractivity contribution is -0.139. The van der Waals surface area contributed by atoms with E-state index in [4.69, 9.17) is 14.7 Å². The van der Waals surface area contributed by atoms with Gasteiger partial charge in [-0.15, -0.1) is 0 Å². The van der Waals surface area contributed by atoms with Gasteiger partial charge in [-0.1, -0.05) is 64.8 Å². The largest absolute Gasteiger partial charge is 0.487 e. The molecule has 1 aliphatic rings. The molecule has 6 rings (SSSR count). The van der Waals surface area contributed by atoms with Crippen LogP contribution in [0.4, 0.5) is 8.78 Å². The summed E-state index contributed by atoms with van der Waals surface area (Å²) in [6.45, 7) is 8.68. The monoisotopic (exact) mass is 611 g/mol. The van der Waals surface area contributed by atoms with E-state index in [0.717, 1.165) is 35.6 Å². The van der Waals surface area contributed by atoms with Crippen LogP contribution in [-0.4, -0.2) is 25.6 Å². The van der Waals surface area contributed by atoms with Gasteiger partial charge in [0.05, 0.1) is 34.7 Å². The van der Waals surface area contributed by atoms with Gasteiger partial charge < -0.3 is 14.4 Å². The van der Waals surface area contributed by atoms with Crippen molar-refractivity contribution < 1.29 is 23.4 Å². The fourth-order valence-corrected chi connectivity index (χ4v) is 6.83. The summed E-state index contributed by atoms with van der Waals surface area (Å²) >= 11 is 0. The summed E-state index contributed by atoms with van der Waals surface area (Å²) in [5, 5.41) is 11.1. The molecule has 8 heteroatoms. The number of carbonyl (C=O) groups is 1. The van der Waals surface area contributed by atoms with Gasteiger partial charge in [0.15, 0.2) is 0 Å². The van der Waals surface area contributed by atoms with Crippen molar-refractivity contribution in [1.82, 2.24) is 14.5 Å². The van der Waals surface area contributed by atoms with Crippen molar-refractivity contribution in [2.75, 3.05) is 0 Å². The Kier molecular flexibility index (Phi) is 8.33. The molecule has 1 saturated carbocycles. The second-order valence-electron chi connectivity index (χ2n) is 12.9. The summed E-state index contributed by atoms with van der Waals surface area (Å²) in [7, 11) is 0. The van der Waals surface area contributed by atoms with Gasteiger partial charge in [-0.3, -0.25) is 4.79 Å². The number of benzene rings is 3. The summed E-state index contributed by atoms with van der Waals surface area (Å²) in [6, 6.07) is 19.4. The second-order valence-corrected chi connectivity index (χ2v) is 12.9. The van der Waals surface area contributed by atoms with Crippen LogP contribution in [0.5, 0.6) is 5.75 Å². The highest BCUT2D eigenvalue weighted by Gasteiger charge is 2.64. The highest BCUT2D eigenvalue weighted by molar-refractivity contribution is 5.83. The Morgan fingerprint density at radius 3 is 2.47 bits per heavy atom. The van der Waals surface area contributed by atoms with E-state index in [0.29, 0.717) is 28.6 Å². The number of carboxylic acid groups (broad SMARTS) is 1. The van der Waals surface area contributed by atoms with E-state index < -0.39 is 28.9 Å². The number of imidazole rings is 1. The minimum absolute atomic E-state index is 0.0950. The third-order valence-corrected chi connectivity index (χ3v) is 9.68. The molecule has 3 aromatic carbocycles. The van der Waals surface area contributed by atoms with E-state index >= 15 is 0 Å². The van der Waals surface area contributed by atoms with E-state index in [1.807, 2.05) is 48.7 Å². The van der Waals surface area contributed by atoms with Crippen molar-refractivity contribution >= 4 is 27.9 Å². The molecule has 2 unspecified atom stereocenters. The van der Waals surface area contributed by atoms with Crippen LogP contribution in [0.3, 0.4) is 0 Å². The van der Waals surface area contributed by atoms with Crippen LogP contribution in [0.15, 0.2) is 66.7 Å². The van der Waals surface area contributed by atoms with E-state index in [1.54, 1.807) is 0 Å². The molecule has 0 spiro atoms. The zero-order valence-electron chi connectivity index (χ0n) is 26.2. The van der Waals surface area contributed by atoms with Gasteiger partial charge in [0.2, 0.25) is 0 Å². The number of carboxylic acids is 1. The van der Waals surface area contributed by atoms with Crippen molar-refractivity contribution in [2.24, 2.45) is 17.3 Å². The Morgan fingerprint density at radius 1 is 0.978 bits per heavy atom. The number of pyridine rings is 1. The topological polar surface area (TPSA) is 77.2 Å². The molecule has 2 aromatic heterocycles. The maximum atomic E-state index is 14.7. The zero-order valence-corrected chi connectivity index (χ0v) is 26.2. The molecule has 1 fully saturated rings. The van der Waals surface area contributed by atoms with E-state index in [1.165, 1.54) is 35.9 Å². The number of aliphatic carboxylic acids is 1. The van der Waals surface area contributed by atoms with E-state index in [9.17, 15) is 18.7 Å². The van der Waals surface area contributed by atoms with Crippen LogP contribution in [0.25, 0.3) is 21.9 Å². The zero-order chi connectivity index (χ0) is 31.9. The molecule has 0 amide bonds. The molecule has 1 aliphatic carbocycles. The summed E-state index contributed by atoms with van der Waals surface area (Å²) in [6.07, 6.45) is 4.45. The third kappa shape index (κ3) is 6.02. The number of ether oxygens (including phenoxy) is 1. The first kappa shape index (κ1) is 30.7. The summed E-state index contributed by atoms with van der Waals surface area (Å²) in [5.74, 6) is -1.29. The summed E-state index contributed by atoms with van der Waals surface area (Å²) in [4.78, 5) is 21.8. The number of fused-ring (bicyclic) bond motifs is 2. The number of hydrogen-bond acceptors (Lipinski definition) is 4. The van der Waals surface area contributed by atoms with Crippen LogP contribution in [0, 0.1) is 28.9 Å². The molecule has 0 radical (unpaired) electrons. The molecule has 1 N–H and O–H groups in total. The predicted molar refractivity (Wildman–Crippen MR) is 171 cm³/mol. The number of rotatable bonds is 12. The van der Waals surface area contributed by atoms with Gasteiger partial charge in [-0.25, -0.2) is 18.7 Å². The molecule has 2 heterocycles. The van der Waals surface area contributed by atoms with Gasteiger partial charge in [-0.2, -0.15) is 0 Å². The Bertz CT molecular complexity index is 1880. The maximum absolute atomic E-state index is 14.7. The van der Waals surface area contributed by atoms with Crippen molar-refractivity contribution in [2.45, 2.75) is 72.4 Å². The molecule has 0 saturated heterocycles. The number of para-hydroxylation sites is 1. The Balaban J connectivity index is 1.30. The second kappa shape index (κ2) is 12.2. The molecule has 234 valence electrons. The molecular formula is C37H39F2N3O3. The van der Waals surface area contributed by atoms with Gasteiger partial charge >= 0.3 is 5.97 Å². The fourth-order valence-electron chi connectivity index (χ4n) is 6.83. The average molecular weight is 612 g/mol. The molecule has 6 nitrogen and oxygen atoms in total. The molecule has 5 aromatic rings. The minimum atomic E-state index is -0.886. The first-order valence-electron chi connectivity index (χ1n) is 15.8. The van der Waals surface area contributed by atoms with Crippen molar-refractivity contribution in [1.29, 1.82) is 0 Å². The average Bonchev–Trinajstić information content (AvgIpc) is 3.43. The standard InChI is InChI=1S/C37H39F2N3O3/c1-5-22(6-2)11-12-23-17-26(40-30-10-8-7-9-28(23)30)21-45-27-15-16-32-31(19-27)41-35(33-34(36(43)44)37(33,3)4)42(32)20-24-13-14-25(38)18-29(24)39/h7-10,13-19,22,33-34H,5-6,11-12,20-21H2,1-4H3,(H,43,44). The number of aryl methyl sites for hydroxylation is 1. The Hall–Kier alpha value is -4.33. The Labute approximate surface area is 262 Å². The number of halogens is 2. The first-order valence-corrected chi connectivity index (χ1v) is 15.8. The van der Waals surface area contributed by atoms with E-state index in [2.05, 4.69) is 32.0 Å². The number of hydrogen-bond donors (Lipinski definition) is 1. The van der Waals surface area contributed by atoms with E-state index in [-0.39, 0.29) is 19.1 Å². The normalized spacial score (nSPS) is 17.3. The summed E-state index contributed by atoms with van der Waals surface area (Å²) < 4.78 is 36.5. The fraction of sp³-hybridized carbons (Fsp3) is 0.378. The van der Waals surface area contributed by atoms with Crippen molar-refractivity contribution in [3.8, 4) is 5.75 Å². The predicted octanol–water partition coefficient (Wildman–Crippen LogP) is 8.68. The highest BCUT2D eigenvalue weighted by atomic mass is 19.1. The number of nitrogens with zero attached hydrogens (tertiary/aromatic N) is 3. The smallest absolute Gasteiger partial charge is 0.307 e. The van der Waals surface area contributed by atoms with Gasteiger partial charge in [-0.05, 0) is 60.1 Å². The van der Waals surface area contributed by atoms with Crippen LogP contribution >= 0.6 is 0 Å². The molecular weight excluding hydrogens is 572 g/mol.